The zero-order valence-corrected chi connectivity index (χ0v) is 13.0. The highest BCUT2D eigenvalue weighted by molar-refractivity contribution is 7.88. The molecule has 0 radical (unpaired) electrons. The first-order valence-electron chi connectivity index (χ1n) is 6.87. The third-order valence-electron chi connectivity index (χ3n) is 3.57. The summed E-state index contributed by atoms with van der Waals surface area (Å²) in [5.74, 6) is -0.116. The Morgan fingerprint density at radius 3 is 2.80 bits per heavy atom. The van der Waals surface area contributed by atoms with Gasteiger partial charge in [-0.3, -0.25) is 0 Å². The van der Waals surface area contributed by atoms with Crippen molar-refractivity contribution in [1.82, 2.24) is 9.46 Å². The topological polar surface area (TPSA) is 72.6 Å². The van der Waals surface area contributed by atoms with Crippen molar-refractivity contribution < 1.29 is 17.7 Å². The van der Waals surface area contributed by atoms with Crippen LogP contribution in [0.15, 0.2) is 16.9 Å². The van der Waals surface area contributed by atoms with E-state index in [-0.39, 0.29) is 17.4 Å². The fourth-order valence-electron chi connectivity index (χ4n) is 2.71. The van der Waals surface area contributed by atoms with Crippen LogP contribution in [0, 0.1) is 0 Å². The molecule has 1 atom stereocenters. The molecule has 20 heavy (non-hydrogen) atoms. The van der Waals surface area contributed by atoms with Crippen molar-refractivity contribution in [2.24, 2.45) is 0 Å². The largest absolute Gasteiger partial charge is 0.375 e. The highest BCUT2D eigenvalue weighted by Gasteiger charge is 2.36. The monoisotopic (exact) mass is 302 g/mol. The lowest BCUT2D eigenvalue weighted by Gasteiger charge is -2.40. The molecule has 0 amide bonds. The lowest BCUT2D eigenvalue weighted by atomic mass is 9.94. The molecule has 0 aliphatic carbocycles. The number of nitrogens with zero attached hydrogens (tertiary/aromatic N) is 2. The van der Waals surface area contributed by atoms with Gasteiger partial charge in [0.1, 0.15) is 12.0 Å². The van der Waals surface area contributed by atoms with E-state index in [1.165, 1.54) is 6.26 Å². The van der Waals surface area contributed by atoms with Gasteiger partial charge >= 0.3 is 0 Å². The first-order chi connectivity index (χ1) is 9.34. The maximum atomic E-state index is 12.5. The van der Waals surface area contributed by atoms with Crippen molar-refractivity contribution in [2.45, 2.75) is 51.0 Å². The summed E-state index contributed by atoms with van der Waals surface area (Å²) in [5, 5.41) is 3.69. The fourth-order valence-corrected chi connectivity index (χ4v) is 4.43. The number of sulfonamides is 1. The van der Waals surface area contributed by atoms with E-state index in [4.69, 9.17) is 9.26 Å². The third-order valence-corrected chi connectivity index (χ3v) is 5.50. The molecule has 1 aromatic rings. The van der Waals surface area contributed by atoms with Crippen LogP contribution in [0.2, 0.25) is 0 Å². The Labute approximate surface area is 120 Å². The number of rotatable bonds is 5. The Morgan fingerprint density at radius 1 is 1.50 bits per heavy atom. The minimum absolute atomic E-state index is 0.0133. The van der Waals surface area contributed by atoms with Crippen LogP contribution in [-0.2, 0) is 20.5 Å². The SMILES string of the molecule is CCN(C1CCOC(C)(C)C1)S(=O)(=O)Cc1ccon1. The Bertz CT molecular complexity index is 525. The van der Waals surface area contributed by atoms with Gasteiger partial charge in [-0.05, 0) is 26.7 Å². The maximum absolute atomic E-state index is 12.5. The average Bonchev–Trinajstić information content (AvgIpc) is 2.80. The molecule has 2 heterocycles. The second-order valence-corrected chi connectivity index (χ2v) is 7.63. The minimum Gasteiger partial charge on any atom is -0.375 e. The summed E-state index contributed by atoms with van der Waals surface area (Å²) in [6.07, 6.45) is 2.83. The van der Waals surface area contributed by atoms with E-state index < -0.39 is 10.0 Å². The molecule has 1 aliphatic rings. The van der Waals surface area contributed by atoms with Crippen LogP contribution >= 0.6 is 0 Å². The molecule has 1 aromatic heterocycles. The standard InChI is InChI=1S/C13H22N2O4S/c1-4-15(12-6-7-18-13(2,3)9-12)20(16,17)10-11-5-8-19-14-11/h5,8,12H,4,6-7,9-10H2,1-3H3. The molecular weight excluding hydrogens is 280 g/mol. The summed E-state index contributed by atoms with van der Waals surface area (Å²) < 4.78 is 37.0. The zero-order chi connectivity index (χ0) is 14.8. The van der Waals surface area contributed by atoms with Crippen molar-refractivity contribution in [3.05, 3.63) is 18.0 Å². The number of ether oxygens (including phenoxy) is 1. The lowest BCUT2D eigenvalue weighted by molar-refractivity contribution is -0.0724. The Balaban J connectivity index is 2.14. The van der Waals surface area contributed by atoms with Gasteiger partial charge in [0.2, 0.25) is 10.0 Å². The molecule has 1 saturated heterocycles. The second-order valence-electron chi connectivity index (χ2n) is 5.71. The Morgan fingerprint density at radius 2 is 2.25 bits per heavy atom. The van der Waals surface area contributed by atoms with Gasteiger partial charge in [0.15, 0.2) is 0 Å². The van der Waals surface area contributed by atoms with Crippen molar-refractivity contribution in [3.8, 4) is 0 Å². The first-order valence-corrected chi connectivity index (χ1v) is 8.48. The van der Waals surface area contributed by atoms with E-state index in [0.717, 1.165) is 6.42 Å². The molecule has 1 unspecified atom stereocenters. The van der Waals surface area contributed by atoms with Gasteiger partial charge in [-0.1, -0.05) is 12.1 Å². The van der Waals surface area contributed by atoms with Crippen molar-refractivity contribution in [1.29, 1.82) is 0 Å². The van der Waals surface area contributed by atoms with Crippen LogP contribution < -0.4 is 0 Å². The molecule has 0 saturated carbocycles. The summed E-state index contributed by atoms with van der Waals surface area (Å²) in [4.78, 5) is 0. The van der Waals surface area contributed by atoms with E-state index >= 15 is 0 Å². The summed E-state index contributed by atoms with van der Waals surface area (Å²) in [6.45, 7) is 6.91. The van der Waals surface area contributed by atoms with Crippen LogP contribution in [0.1, 0.15) is 39.3 Å². The van der Waals surface area contributed by atoms with Gasteiger partial charge in [0.25, 0.3) is 0 Å². The highest BCUT2D eigenvalue weighted by Crippen LogP contribution is 2.29. The molecule has 6 nitrogen and oxygen atoms in total. The van der Waals surface area contributed by atoms with Crippen molar-refractivity contribution >= 4 is 10.0 Å². The summed E-state index contributed by atoms with van der Waals surface area (Å²) in [7, 11) is -3.39. The molecule has 2 rings (SSSR count). The van der Waals surface area contributed by atoms with Crippen LogP contribution in [0.4, 0.5) is 0 Å². The van der Waals surface area contributed by atoms with Crippen LogP contribution in [0.5, 0.6) is 0 Å². The maximum Gasteiger partial charge on any atom is 0.220 e. The van der Waals surface area contributed by atoms with Gasteiger partial charge in [-0.25, -0.2) is 8.42 Å². The normalized spacial score (nSPS) is 23.1. The quantitative estimate of drug-likeness (QED) is 0.829. The molecule has 1 aliphatic heterocycles. The number of hydrogen-bond donors (Lipinski definition) is 0. The van der Waals surface area contributed by atoms with E-state index in [1.54, 1.807) is 10.4 Å². The predicted molar refractivity (Wildman–Crippen MR) is 74.6 cm³/mol. The Kier molecular flexibility index (Phi) is 4.51. The smallest absolute Gasteiger partial charge is 0.220 e. The highest BCUT2D eigenvalue weighted by atomic mass is 32.2. The van der Waals surface area contributed by atoms with Crippen LogP contribution in [0.25, 0.3) is 0 Å². The number of hydrogen-bond acceptors (Lipinski definition) is 5. The number of aromatic nitrogens is 1. The minimum atomic E-state index is -3.39. The predicted octanol–water partition coefficient (Wildman–Crippen LogP) is 1.78. The van der Waals surface area contributed by atoms with Gasteiger partial charge in [0, 0.05) is 25.3 Å². The van der Waals surface area contributed by atoms with Gasteiger partial charge < -0.3 is 9.26 Å². The van der Waals surface area contributed by atoms with E-state index in [2.05, 4.69) is 5.16 Å². The van der Waals surface area contributed by atoms with Crippen molar-refractivity contribution in [3.63, 3.8) is 0 Å². The van der Waals surface area contributed by atoms with E-state index in [1.807, 2.05) is 20.8 Å². The summed E-state index contributed by atoms with van der Waals surface area (Å²) in [5.41, 5.74) is 0.162. The van der Waals surface area contributed by atoms with Crippen LogP contribution in [0.3, 0.4) is 0 Å². The molecule has 114 valence electrons. The second kappa shape index (κ2) is 5.83. The molecule has 1 fully saturated rings. The Hall–Kier alpha value is -0.920. The average molecular weight is 302 g/mol. The first kappa shape index (κ1) is 15.5. The molecule has 0 spiro atoms. The van der Waals surface area contributed by atoms with E-state index in [0.29, 0.717) is 25.3 Å². The molecule has 0 aromatic carbocycles. The molecule has 7 heteroatoms. The van der Waals surface area contributed by atoms with Gasteiger partial charge in [-0.15, -0.1) is 0 Å². The molecular formula is C13H22N2O4S. The van der Waals surface area contributed by atoms with Crippen LogP contribution in [-0.4, -0.2) is 42.7 Å². The summed E-state index contributed by atoms with van der Waals surface area (Å²) in [6, 6.07) is 1.57. The third kappa shape index (κ3) is 3.59. The van der Waals surface area contributed by atoms with Crippen molar-refractivity contribution in [2.75, 3.05) is 13.2 Å². The molecule has 0 bridgehead atoms. The van der Waals surface area contributed by atoms with E-state index in [9.17, 15) is 8.42 Å². The van der Waals surface area contributed by atoms with Gasteiger partial charge in [-0.2, -0.15) is 4.31 Å². The fraction of sp³-hybridized carbons (Fsp3) is 0.769. The lowest BCUT2D eigenvalue weighted by Crippen LogP contribution is -2.48. The summed E-state index contributed by atoms with van der Waals surface area (Å²) >= 11 is 0. The zero-order valence-electron chi connectivity index (χ0n) is 12.2. The molecule has 0 N–H and O–H groups in total. The van der Waals surface area contributed by atoms with Gasteiger partial charge in [0.05, 0.1) is 11.3 Å².